The Bertz CT molecular complexity index is 467. The lowest BCUT2D eigenvalue weighted by Gasteiger charge is -2.06. The van der Waals surface area contributed by atoms with Gasteiger partial charge in [0.25, 0.3) is 0 Å². The summed E-state index contributed by atoms with van der Waals surface area (Å²) in [6.45, 7) is -0.577. The van der Waals surface area contributed by atoms with Crippen molar-refractivity contribution in [3.05, 3.63) is 23.9 Å². The summed E-state index contributed by atoms with van der Waals surface area (Å²) in [5.74, 6) is -1.31. The number of amides is 1. The molecule has 1 aromatic heterocycles. The zero-order valence-electron chi connectivity index (χ0n) is 8.80. The second-order valence-corrected chi connectivity index (χ2v) is 3.04. The van der Waals surface area contributed by atoms with Gasteiger partial charge in [-0.3, -0.25) is 9.59 Å². The molecule has 88 valence electrons. The van der Waals surface area contributed by atoms with Crippen LogP contribution in [0.1, 0.15) is 5.56 Å². The fourth-order valence-electron chi connectivity index (χ4n) is 1.04. The first kappa shape index (κ1) is 12.4. The lowest BCUT2D eigenvalue weighted by Crippen LogP contribution is -2.34. The molecule has 0 aliphatic rings. The quantitative estimate of drug-likeness (QED) is 0.636. The van der Waals surface area contributed by atoms with Gasteiger partial charge in [0, 0.05) is 6.20 Å². The van der Waals surface area contributed by atoms with E-state index in [2.05, 4.69) is 15.6 Å². The summed E-state index contributed by atoms with van der Waals surface area (Å²) in [5, 5.41) is 21.9. The average Bonchev–Trinajstić information content (AvgIpc) is 2.34. The highest BCUT2D eigenvalue weighted by Gasteiger charge is 2.06. The minimum atomic E-state index is -1.12. The lowest BCUT2D eigenvalue weighted by atomic mass is 10.3. The van der Waals surface area contributed by atoms with Crippen molar-refractivity contribution in [3.8, 4) is 6.07 Å². The molecule has 0 unspecified atom stereocenters. The third-order valence-corrected chi connectivity index (χ3v) is 1.78. The van der Waals surface area contributed by atoms with Gasteiger partial charge >= 0.3 is 5.97 Å². The molecule has 7 heteroatoms. The standard InChI is InChI=1S/C10H10N4O3/c11-4-7-2-1-3-12-10(7)14-5-8(15)13-6-9(16)17/h1-3H,5-6H2,(H,12,14)(H,13,15)(H,16,17). The number of aromatic nitrogens is 1. The van der Waals surface area contributed by atoms with Crippen LogP contribution in [0.2, 0.25) is 0 Å². The number of nitrogens with one attached hydrogen (secondary N) is 2. The molecule has 1 rings (SSSR count). The molecule has 1 amide bonds. The van der Waals surface area contributed by atoms with Crippen LogP contribution < -0.4 is 10.6 Å². The second-order valence-electron chi connectivity index (χ2n) is 3.04. The van der Waals surface area contributed by atoms with Crippen molar-refractivity contribution in [3.63, 3.8) is 0 Å². The van der Waals surface area contributed by atoms with E-state index in [-0.39, 0.29) is 6.54 Å². The van der Waals surface area contributed by atoms with Gasteiger partial charge in [-0.05, 0) is 12.1 Å². The van der Waals surface area contributed by atoms with Crippen LogP contribution in [-0.2, 0) is 9.59 Å². The molecule has 1 heterocycles. The van der Waals surface area contributed by atoms with Gasteiger partial charge in [0.1, 0.15) is 18.4 Å². The highest BCUT2D eigenvalue weighted by Crippen LogP contribution is 2.08. The molecule has 3 N–H and O–H groups in total. The van der Waals surface area contributed by atoms with Crippen molar-refractivity contribution < 1.29 is 14.7 Å². The largest absolute Gasteiger partial charge is 0.480 e. The molecule has 17 heavy (non-hydrogen) atoms. The van der Waals surface area contributed by atoms with E-state index in [0.717, 1.165) is 0 Å². The van der Waals surface area contributed by atoms with Crippen LogP contribution in [0.5, 0.6) is 0 Å². The smallest absolute Gasteiger partial charge is 0.322 e. The molecule has 0 fully saturated rings. The maximum absolute atomic E-state index is 11.2. The van der Waals surface area contributed by atoms with Crippen LogP contribution in [0, 0.1) is 11.3 Å². The molecule has 0 spiro atoms. The van der Waals surface area contributed by atoms with E-state index >= 15 is 0 Å². The minimum absolute atomic E-state index is 0.140. The first-order valence-corrected chi connectivity index (χ1v) is 4.71. The molecular formula is C10H10N4O3. The number of anilines is 1. The summed E-state index contributed by atoms with van der Waals surface area (Å²) in [4.78, 5) is 25.2. The minimum Gasteiger partial charge on any atom is -0.480 e. The lowest BCUT2D eigenvalue weighted by molar-refractivity contribution is -0.137. The third kappa shape index (κ3) is 4.17. The Hall–Kier alpha value is -2.62. The molecule has 0 radical (unpaired) electrons. The molecular weight excluding hydrogens is 224 g/mol. The van der Waals surface area contributed by atoms with Crippen LogP contribution in [-0.4, -0.2) is 35.1 Å². The van der Waals surface area contributed by atoms with E-state index in [1.807, 2.05) is 6.07 Å². The average molecular weight is 234 g/mol. The van der Waals surface area contributed by atoms with E-state index in [0.29, 0.717) is 11.4 Å². The summed E-state index contributed by atoms with van der Waals surface area (Å²) in [7, 11) is 0. The van der Waals surface area contributed by atoms with Gasteiger partial charge in [0.05, 0.1) is 12.1 Å². The zero-order chi connectivity index (χ0) is 12.7. The van der Waals surface area contributed by atoms with E-state index in [1.54, 1.807) is 12.1 Å². The number of carboxylic acids is 1. The number of carbonyl (C=O) groups excluding carboxylic acids is 1. The van der Waals surface area contributed by atoms with E-state index < -0.39 is 18.4 Å². The molecule has 0 aliphatic heterocycles. The van der Waals surface area contributed by atoms with Crippen LogP contribution in [0.4, 0.5) is 5.82 Å². The van der Waals surface area contributed by atoms with E-state index in [1.165, 1.54) is 6.20 Å². The maximum atomic E-state index is 11.2. The fraction of sp³-hybridized carbons (Fsp3) is 0.200. The number of nitriles is 1. The predicted octanol–water partition coefficient (Wildman–Crippen LogP) is -0.434. The Morgan fingerprint density at radius 3 is 2.88 bits per heavy atom. The first-order chi connectivity index (χ1) is 8.13. The highest BCUT2D eigenvalue weighted by atomic mass is 16.4. The van der Waals surface area contributed by atoms with Gasteiger partial charge < -0.3 is 15.7 Å². The summed E-state index contributed by atoms with van der Waals surface area (Å²) in [6.07, 6.45) is 1.48. The van der Waals surface area contributed by atoms with Crippen molar-refractivity contribution in [1.29, 1.82) is 5.26 Å². The monoisotopic (exact) mass is 234 g/mol. The Kier molecular flexibility index (Phi) is 4.45. The van der Waals surface area contributed by atoms with Crippen molar-refractivity contribution in [2.45, 2.75) is 0 Å². The number of carbonyl (C=O) groups is 2. The number of rotatable bonds is 5. The van der Waals surface area contributed by atoms with Gasteiger partial charge in [-0.2, -0.15) is 5.26 Å². The summed E-state index contributed by atoms with van der Waals surface area (Å²) in [6, 6.07) is 5.08. The van der Waals surface area contributed by atoms with Crippen molar-refractivity contribution in [2.24, 2.45) is 0 Å². The SMILES string of the molecule is N#Cc1cccnc1NCC(=O)NCC(=O)O. The van der Waals surface area contributed by atoms with Crippen molar-refractivity contribution >= 4 is 17.7 Å². The van der Waals surface area contributed by atoms with E-state index in [9.17, 15) is 9.59 Å². The molecule has 1 aromatic rings. The molecule has 0 saturated heterocycles. The molecule has 0 saturated carbocycles. The van der Waals surface area contributed by atoms with Crippen LogP contribution >= 0.6 is 0 Å². The van der Waals surface area contributed by atoms with Crippen LogP contribution in [0.15, 0.2) is 18.3 Å². The molecule has 0 atom stereocenters. The van der Waals surface area contributed by atoms with Gasteiger partial charge in [0.2, 0.25) is 5.91 Å². The Morgan fingerprint density at radius 1 is 1.47 bits per heavy atom. The molecule has 0 aromatic carbocycles. The number of hydrogen-bond acceptors (Lipinski definition) is 5. The zero-order valence-corrected chi connectivity index (χ0v) is 8.80. The Labute approximate surface area is 97.1 Å². The number of pyridine rings is 1. The van der Waals surface area contributed by atoms with Crippen molar-refractivity contribution in [2.75, 3.05) is 18.4 Å². The van der Waals surface area contributed by atoms with Gasteiger partial charge in [-0.15, -0.1) is 0 Å². The highest BCUT2D eigenvalue weighted by molar-refractivity contribution is 5.84. The predicted molar refractivity (Wildman–Crippen MR) is 58.1 cm³/mol. The fourth-order valence-corrected chi connectivity index (χ4v) is 1.04. The van der Waals surface area contributed by atoms with Crippen LogP contribution in [0.25, 0.3) is 0 Å². The molecule has 0 bridgehead atoms. The Balaban J connectivity index is 2.48. The summed E-state index contributed by atoms with van der Waals surface area (Å²) < 4.78 is 0. The topological polar surface area (TPSA) is 115 Å². The molecule has 0 aliphatic carbocycles. The first-order valence-electron chi connectivity index (χ1n) is 4.71. The second kappa shape index (κ2) is 6.07. The third-order valence-electron chi connectivity index (χ3n) is 1.78. The van der Waals surface area contributed by atoms with Gasteiger partial charge in [0.15, 0.2) is 0 Å². The number of aliphatic carboxylic acids is 1. The Morgan fingerprint density at radius 2 is 2.24 bits per heavy atom. The van der Waals surface area contributed by atoms with Crippen molar-refractivity contribution in [1.82, 2.24) is 10.3 Å². The number of nitrogens with zero attached hydrogens (tertiary/aromatic N) is 2. The maximum Gasteiger partial charge on any atom is 0.322 e. The normalized spacial score (nSPS) is 9.12. The number of hydrogen-bond donors (Lipinski definition) is 3. The molecule has 7 nitrogen and oxygen atoms in total. The number of carboxylic acid groups (broad SMARTS) is 1. The van der Waals surface area contributed by atoms with Gasteiger partial charge in [-0.25, -0.2) is 4.98 Å². The van der Waals surface area contributed by atoms with E-state index in [4.69, 9.17) is 10.4 Å². The summed E-state index contributed by atoms with van der Waals surface area (Å²) >= 11 is 0. The summed E-state index contributed by atoms with van der Waals surface area (Å²) in [5.41, 5.74) is 0.318. The van der Waals surface area contributed by atoms with Gasteiger partial charge in [-0.1, -0.05) is 0 Å². The van der Waals surface area contributed by atoms with Crippen LogP contribution in [0.3, 0.4) is 0 Å².